The van der Waals surface area contributed by atoms with Gasteiger partial charge in [-0.2, -0.15) is 5.10 Å². The fourth-order valence-electron chi connectivity index (χ4n) is 2.23. The van der Waals surface area contributed by atoms with Gasteiger partial charge in [0.05, 0.1) is 5.69 Å². The van der Waals surface area contributed by atoms with E-state index in [0.717, 1.165) is 0 Å². The summed E-state index contributed by atoms with van der Waals surface area (Å²) < 4.78 is 39.8. The molecule has 0 bridgehead atoms. The summed E-state index contributed by atoms with van der Waals surface area (Å²) in [4.78, 5) is 4.13. The molecule has 0 spiro atoms. The highest BCUT2D eigenvalue weighted by Crippen LogP contribution is 2.29. The first-order valence-electron chi connectivity index (χ1n) is 7.17. The Labute approximate surface area is 149 Å². The molecule has 0 aliphatic rings. The SMILES string of the molecule is COCOc1ccc(Cl)cc1S(=O)(=O)Nc1cccn2nc(C)nc12. The molecule has 1 N–H and O–H groups in total. The first-order chi connectivity index (χ1) is 11.9. The second kappa shape index (κ2) is 6.87. The summed E-state index contributed by atoms with van der Waals surface area (Å²) in [7, 11) is -2.53. The minimum absolute atomic E-state index is 0.0941. The van der Waals surface area contributed by atoms with Crippen molar-refractivity contribution in [3.63, 3.8) is 0 Å². The van der Waals surface area contributed by atoms with Gasteiger partial charge in [0.25, 0.3) is 10.0 Å². The number of nitrogens with zero attached hydrogens (tertiary/aromatic N) is 3. The highest BCUT2D eigenvalue weighted by Gasteiger charge is 2.22. The average molecular weight is 383 g/mol. The molecule has 0 saturated carbocycles. The van der Waals surface area contributed by atoms with E-state index in [2.05, 4.69) is 14.8 Å². The third kappa shape index (κ3) is 3.68. The topological polar surface area (TPSA) is 94.8 Å². The first-order valence-corrected chi connectivity index (χ1v) is 9.03. The maximum Gasteiger partial charge on any atom is 0.265 e. The third-order valence-corrected chi connectivity index (χ3v) is 4.86. The molecule has 25 heavy (non-hydrogen) atoms. The quantitative estimate of drug-likeness (QED) is 0.658. The van der Waals surface area contributed by atoms with Crippen molar-refractivity contribution in [3.05, 3.63) is 47.4 Å². The summed E-state index contributed by atoms with van der Waals surface area (Å²) in [5, 5.41) is 4.42. The molecule has 1 aromatic carbocycles. The Hall–Kier alpha value is -2.36. The molecule has 0 unspecified atom stereocenters. The number of methoxy groups -OCH3 is 1. The third-order valence-electron chi connectivity index (χ3n) is 3.24. The highest BCUT2D eigenvalue weighted by atomic mass is 35.5. The number of nitrogens with one attached hydrogen (secondary N) is 1. The van der Waals surface area contributed by atoms with Gasteiger partial charge in [-0.25, -0.2) is 17.9 Å². The normalized spacial score (nSPS) is 11.6. The zero-order valence-electron chi connectivity index (χ0n) is 13.4. The van der Waals surface area contributed by atoms with E-state index >= 15 is 0 Å². The number of halogens is 1. The summed E-state index contributed by atoms with van der Waals surface area (Å²) in [5.74, 6) is 0.655. The Bertz CT molecular complexity index is 1020. The maximum atomic E-state index is 12.8. The molecule has 132 valence electrons. The molecule has 3 aromatic rings. The highest BCUT2D eigenvalue weighted by molar-refractivity contribution is 7.92. The molecule has 8 nitrogen and oxygen atoms in total. The summed E-state index contributed by atoms with van der Waals surface area (Å²) in [6, 6.07) is 7.58. The van der Waals surface area contributed by atoms with Crippen molar-refractivity contribution in [2.24, 2.45) is 0 Å². The fraction of sp³-hybridized carbons (Fsp3) is 0.200. The van der Waals surface area contributed by atoms with E-state index in [1.165, 1.54) is 29.8 Å². The molecule has 0 amide bonds. The monoisotopic (exact) mass is 382 g/mol. The number of benzene rings is 1. The van der Waals surface area contributed by atoms with Gasteiger partial charge in [-0.15, -0.1) is 0 Å². The fourth-order valence-corrected chi connectivity index (χ4v) is 3.70. The van der Waals surface area contributed by atoms with Gasteiger partial charge < -0.3 is 9.47 Å². The molecule has 2 heterocycles. The molecule has 0 fully saturated rings. The zero-order chi connectivity index (χ0) is 18.0. The van der Waals surface area contributed by atoms with Crippen LogP contribution in [-0.2, 0) is 14.8 Å². The molecule has 10 heteroatoms. The van der Waals surface area contributed by atoms with Crippen molar-refractivity contribution in [1.82, 2.24) is 14.6 Å². The number of rotatable bonds is 6. The van der Waals surface area contributed by atoms with E-state index in [0.29, 0.717) is 17.2 Å². The molecule has 0 radical (unpaired) electrons. The lowest BCUT2D eigenvalue weighted by Gasteiger charge is -2.13. The van der Waals surface area contributed by atoms with E-state index in [4.69, 9.17) is 21.1 Å². The van der Waals surface area contributed by atoms with Crippen LogP contribution in [0.4, 0.5) is 5.69 Å². The van der Waals surface area contributed by atoms with E-state index in [1.807, 2.05) is 0 Å². The Morgan fingerprint density at radius 1 is 1.32 bits per heavy atom. The predicted octanol–water partition coefficient (Wildman–Crippen LogP) is 2.47. The summed E-state index contributed by atoms with van der Waals surface area (Å²) >= 11 is 5.95. The maximum absolute atomic E-state index is 12.8. The molecule has 0 aliphatic heterocycles. The molecule has 3 rings (SSSR count). The van der Waals surface area contributed by atoms with Crippen LogP contribution in [0.15, 0.2) is 41.4 Å². The van der Waals surface area contributed by atoms with Crippen LogP contribution in [0.3, 0.4) is 0 Å². The minimum Gasteiger partial charge on any atom is -0.466 e. The number of anilines is 1. The van der Waals surface area contributed by atoms with Crippen molar-refractivity contribution in [1.29, 1.82) is 0 Å². The number of hydrogen-bond acceptors (Lipinski definition) is 6. The lowest BCUT2D eigenvalue weighted by atomic mass is 10.3. The lowest BCUT2D eigenvalue weighted by Crippen LogP contribution is -2.15. The second-order valence-corrected chi connectivity index (χ2v) is 7.18. The predicted molar refractivity (Wildman–Crippen MR) is 92.5 cm³/mol. The largest absolute Gasteiger partial charge is 0.466 e. The number of ether oxygens (including phenoxy) is 2. The van der Waals surface area contributed by atoms with Gasteiger partial charge in [-0.1, -0.05) is 11.6 Å². The van der Waals surface area contributed by atoms with Crippen molar-refractivity contribution < 1.29 is 17.9 Å². The lowest BCUT2D eigenvalue weighted by molar-refractivity contribution is 0.0490. The first kappa shape index (κ1) is 17.5. The number of fused-ring (bicyclic) bond motifs is 1. The second-order valence-electron chi connectivity index (χ2n) is 5.10. The molecular weight excluding hydrogens is 368 g/mol. The van der Waals surface area contributed by atoms with Gasteiger partial charge >= 0.3 is 0 Å². The standard InChI is InChI=1S/C15H15ClN4O4S/c1-10-17-15-12(4-3-7-20(15)18-10)19-25(21,22)14-8-11(16)5-6-13(14)24-9-23-2/h3-8,19H,9H2,1-2H3. The van der Waals surface area contributed by atoms with E-state index < -0.39 is 10.0 Å². The smallest absolute Gasteiger partial charge is 0.265 e. The van der Waals surface area contributed by atoms with Crippen LogP contribution in [0.1, 0.15) is 5.82 Å². The van der Waals surface area contributed by atoms with E-state index in [9.17, 15) is 8.42 Å². The Balaban J connectivity index is 2.03. The van der Waals surface area contributed by atoms with Crippen molar-refractivity contribution in [2.45, 2.75) is 11.8 Å². The van der Waals surface area contributed by atoms with Crippen molar-refractivity contribution in [2.75, 3.05) is 18.6 Å². The average Bonchev–Trinajstić information content (AvgIpc) is 2.95. The van der Waals surface area contributed by atoms with Crippen LogP contribution < -0.4 is 9.46 Å². The Kier molecular flexibility index (Phi) is 4.80. The van der Waals surface area contributed by atoms with E-state index in [1.54, 1.807) is 25.3 Å². The molecule has 2 aromatic heterocycles. The molecule has 0 aliphatic carbocycles. The van der Waals surface area contributed by atoms with Gasteiger partial charge in [-0.05, 0) is 37.3 Å². The van der Waals surface area contributed by atoms with Gasteiger partial charge in [0.1, 0.15) is 16.5 Å². The van der Waals surface area contributed by atoms with Crippen LogP contribution in [0, 0.1) is 6.92 Å². The van der Waals surface area contributed by atoms with Gasteiger partial charge in [-0.3, -0.25) is 4.72 Å². The Morgan fingerprint density at radius 3 is 2.88 bits per heavy atom. The number of aromatic nitrogens is 3. The van der Waals surface area contributed by atoms with Gasteiger partial charge in [0.15, 0.2) is 12.4 Å². The number of hydrogen-bond donors (Lipinski definition) is 1. The van der Waals surface area contributed by atoms with Crippen LogP contribution in [0.5, 0.6) is 5.75 Å². The zero-order valence-corrected chi connectivity index (χ0v) is 15.0. The van der Waals surface area contributed by atoms with Gasteiger partial charge in [0, 0.05) is 18.3 Å². The van der Waals surface area contributed by atoms with E-state index in [-0.39, 0.29) is 22.5 Å². The summed E-state index contributed by atoms with van der Waals surface area (Å²) in [6.07, 6.45) is 1.68. The number of pyridine rings is 1. The van der Waals surface area contributed by atoms with Crippen LogP contribution in [0.25, 0.3) is 5.65 Å². The van der Waals surface area contributed by atoms with Crippen LogP contribution in [0.2, 0.25) is 5.02 Å². The van der Waals surface area contributed by atoms with Crippen molar-refractivity contribution >= 4 is 33.0 Å². The molecule has 0 atom stereocenters. The van der Waals surface area contributed by atoms with Crippen LogP contribution in [-0.4, -0.2) is 36.9 Å². The number of sulfonamides is 1. The summed E-state index contributed by atoms with van der Waals surface area (Å²) in [6.45, 7) is 1.63. The summed E-state index contributed by atoms with van der Waals surface area (Å²) in [5.41, 5.74) is 0.686. The molecular formula is C15H15ClN4O4S. The van der Waals surface area contributed by atoms with Crippen molar-refractivity contribution in [3.8, 4) is 5.75 Å². The van der Waals surface area contributed by atoms with Gasteiger partial charge in [0.2, 0.25) is 0 Å². The van der Waals surface area contributed by atoms with Crippen LogP contribution >= 0.6 is 11.6 Å². The Morgan fingerprint density at radius 2 is 2.12 bits per heavy atom. The number of aryl methyl sites for hydroxylation is 1. The minimum atomic E-state index is -3.98. The molecule has 0 saturated heterocycles.